The molecule has 83 heavy (non-hydrogen) atoms. The van der Waals surface area contributed by atoms with Gasteiger partial charge in [-0.25, -0.2) is 0 Å². The van der Waals surface area contributed by atoms with E-state index in [1.54, 1.807) is 0 Å². The lowest BCUT2D eigenvalue weighted by Gasteiger charge is -2.18. The number of carbonyl (C=O) groups excluding carboxylic acids is 3. The number of unbranched alkanes of at least 4 members (excludes halogenated alkanes) is 23. The summed E-state index contributed by atoms with van der Waals surface area (Å²) in [4.78, 5) is 38.3. The summed E-state index contributed by atoms with van der Waals surface area (Å²) in [5.74, 6) is -0.941. The van der Waals surface area contributed by atoms with E-state index in [4.69, 9.17) is 14.2 Å². The number of hydrogen-bond acceptors (Lipinski definition) is 6. The van der Waals surface area contributed by atoms with E-state index in [1.165, 1.54) is 89.9 Å². The molecule has 0 rings (SSSR count). The van der Waals surface area contributed by atoms with Crippen molar-refractivity contribution >= 4 is 17.9 Å². The van der Waals surface area contributed by atoms with Crippen molar-refractivity contribution in [3.05, 3.63) is 158 Å². The van der Waals surface area contributed by atoms with Crippen molar-refractivity contribution < 1.29 is 28.6 Å². The van der Waals surface area contributed by atoms with E-state index in [2.05, 4.69) is 179 Å². The van der Waals surface area contributed by atoms with Crippen molar-refractivity contribution in [2.75, 3.05) is 13.2 Å². The van der Waals surface area contributed by atoms with Crippen LogP contribution in [0.3, 0.4) is 0 Å². The maximum Gasteiger partial charge on any atom is 0.306 e. The number of hydrogen-bond donors (Lipinski definition) is 0. The normalized spacial score (nSPS) is 13.1. The molecule has 0 aliphatic rings. The van der Waals surface area contributed by atoms with Crippen LogP contribution in [-0.4, -0.2) is 37.2 Å². The fraction of sp³-hybridized carbons (Fsp3) is 0.623. The highest BCUT2D eigenvalue weighted by atomic mass is 16.6. The highest BCUT2D eigenvalue weighted by Gasteiger charge is 2.19. The van der Waals surface area contributed by atoms with Crippen molar-refractivity contribution in [2.45, 2.75) is 297 Å². The van der Waals surface area contributed by atoms with Gasteiger partial charge in [0, 0.05) is 19.3 Å². The highest BCUT2D eigenvalue weighted by Crippen LogP contribution is 2.14. The zero-order valence-corrected chi connectivity index (χ0v) is 53.7. The molecule has 6 nitrogen and oxygen atoms in total. The second kappa shape index (κ2) is 69.5. The van der Waals surface area contributed by atoms with Gasteiger partial charge in [-0.1, -0.05) is 275 Å². The van der Waals surface area contributed by atoms with Crippen LogP contribution in [0.25, 0.3) is 0 Å². The summed E-state index contributed by atoms with van der Waals surface area (Å²) < 4.78 is 16.9. The first-order chi connectivity index (χ1) is 41.0. The number of ether oxygens (including phenoxy) is 3. The van der Waals surface area contributed by atoms with E-state index in [1.807, 2.05) is 0 Å². The van der Waals surface area contributed by atoms with E-state index in [-0.39, 0.29) is 31.1 Å². The van der Waals surface area contributed by atoms with Crippen LogP contribution in [0.1, 0.15) is 290 Å². The van der Waals surface area contributed by atoms with E-state index in [0.717, 1.165) is 161 Å². The predicted octanol–water partition coefficient (Wildman–Crippen LogP) is 23.7. The molecule has 0 aliphatic heterocycles. The van der Waals surface area contributed by atoms with E-state index in [0.29, 0.717) is 19.3 Å². The lowest BCUT2D eigenvalue weighted by molar-refractivity contribution is -0.167. The van der Waals surface area contributed by atoms with Crippen molar-refractivity contribution in [1.29, 1.82) is 0 Å². The summed E-state index contributed by atoms with van der Waals surface area (Å²) in [6.07, 6.45) is 101. The van der Waals surface area contributed by atoms with Gasteiger partial charge in [-0.05, 0) is 154 Å². The maximum atomic E-state index is 12.9. The zero-order valence-electron chi connectivity index (χ0n) is 53.7. The molecular formula is C77H124O6. The average molecular weight is 1150 g/mol. The molecule has 0 spiro atoms. The number of allylic oxidation sites excluding steroid dienone is 26. The average Bonchev–Trinajstić information content (AvgIpc) is 3.49. The standard InChI is InChI=1S/C77H124O6/c1-4-7-10-13-16-19-22-25-27-29-31-32-33-34-35-36-37-38-39-40-41-42-43-44-45-46-47-49-50-52-55-58-61-64-67-70-76(79)82-73-74(72-81-75(78)69-66-63-60-57-54-24-21-18-15-12-9-6-3)83-77(80)71-68-65-62-59-56-53-51-48-30-28-26-23-20-17-14-11-8-5-2/h7,10,16,18-21,23,25,27-28,30-32,34-35,37-38,40-41,43-44,46-47,50,52,74H,4-6,8-9,11-15,17,22,24,26,29,33,36,39,42,45,48-49,51,53-73H2,1-3H3/b10-7-,19-16-,21-18-,23-20-,27-25-,30-28-,32-31-,35-34-,38-37-,41-40-,44-43-,47-46-,52-50-. The molecule has 0 bridgehead atoms. The fourth-order valence-corrected chi connectivity index (χ4v) is 8.91. The molecule has 0 aromatic rings. The molecule has 0 saturated carbocycles. The Morgan fingerprint density at radius 2 is 0.470 bits per heavy atom. The third-order valence-electron chi connectivity index (χ3n) is 14.0. The summed E-state index contributed by atoms with van der Waals surface area (Å²) in [5.41, 5.74) is 0. The van der Waals surface area contributed by atoms with E-state index < -0.39 is 6.10 Å². The van der Waals surface area contributed by atoms with Gasteiger partial charge >= 0.3 is 17.9 Å². The molecule has 0 radical (unpaired) electrons. The third kappa shape index (κ3) is 67.7. The minimum atomic E-state index is -0.804. The number of esters is 3. The molecule has 1 atom stereocenters. The summed E-state index contributed by atoms with van der Waals surface area (Å²) in [6, 6.07) is 0. The molecule has 0 aromatic carbocycles. The molecule has 0 aromatic heterocycles. The monoisotopic (exact) mass is 1140 g/mol. The third-order valence-corrected chi connectivity index (χ3v) is 14.0. The molecule has 0 N–H and O–H groups in total. The predicted molar refractivity (Wildman–Crippen MR) is 362 cm³/mol. The molecule has 6 heteroatoms. The van der Waals surface area contributed by atoms with Crippen molar-refractivity contribution in [2.24, 2.45) is 0 Å². The number of carbonyl (C=O) groups is 3. The summed E-state index contributed by atoms with van der Waals surface area (Å²) in [6.45, 7) is 6.45. The van der Waals surface area contributed by atoms with Crippen LogP contribution in [-0.2, 0) is 28.6 Å². The number of rotatable bonds is 60. The van der Waals surface area contributed by atoms with E-state index >= 15 is 0 Å². The Balaban J connectivity index is 4.34. The SMILES string of the molecule is CC/C=C\C/C=C\C/C=C\C/C=C\C/C=C\C/C=C\C/C=C\C/C=C\C/C=C\C/C=C\CCCCCCC(=O)OCC(COC(=O)CCCCCCC/C=C\CCCCC)OC(=O)CCCCCCCCC/C=C\C/C=C\CCCCCC. The Labute approximate surface area is 511 Å². The van der Waals surface area contributed by atoms with Gasteiger partial charge in [0.25, 0.3) is 0 Å². The van der Waals surface area contributed by atoms with Gasteiger partial charge in [-0.3, -0.25) is 14.4 Å². The van der Waals surface area contributed by atoms with Crippen LogP contribution < -0.4 is 0 Å². The summed E-state index contributed by atoms with van der Waals surface area (Å²) >= 11 is 0. The Kier molecular flexibility index (Phi) is 65.4. The quantitative estimate of drug-likeness (QED) is 0.0261. The van der Waals surface area contributed by atoms with Crippen LogP contribution in [0.4, 0.5) is 0 Å². The highest BCUT2D eigenvalue weighted by molar-refractivity contribution is 5.71. The largest absolute Gasteiger partial charge is 0.462 e. The van der Waals surface area contributed by atoms with Gasteiger partial charge in [0.05, 0.1) is 0 Å². The summed E-state index contributed by atoms with van der Waals surface area (Å²) in [5, 5.41) is 0. The maximum absolute atomic E-state index is 12.9. The van der Waals surface area contributed by atoms with Gasteiger partial charge in [0.1, 0.15) is 13.2 Å². The van der Waals surface area contributed by atoms with Crippen LogP contribution in [0, 0.1) is 0 Å². The molecule has 0 heterocycles. The Hall–Kier alpha value is -4.97. The first-order valence-electron chi connectivity index (χ1n) is 34.0. The molecule has 0 amide bonds. The van der Waals surface area contributed by atoms with Crippen molar-refractivity contribution in [3.8, 4) is 0 Å². The topological polar surface area (TPSA) is 78.9 Å². The Morgan fingerprint density at radius 1 is 0.253 bits per heavy atom. The van der Waals surface area contributed by atoms with Gasteiger partial charge in [0.2, 0.25) is 0 Å². The lowest BCUT2D eigenvalue weighted by Crippen LogP contribution is -2.30. The van der Waals surface area contributed by atoms with Gasteiger partial charge in [0.15, 0.2) is 6.10 Å². The van der Waals surface area contributed by atoms with Gasteiger partial charge in [-0.15, -0.1) is 0 Å². The second-order valence-corrected chi connectivity index (χ2v) is 22.0. The first kappa shape index (κ1) is 78.0. The molecule has 0 saturated heterocycles. The fourth-order valence-electron chi connectivity index (χ4n) is 8.91. The van der Waals surface area contributed by atoms with Crippen LogP contribution in [0.5, 0.6) is 0 Å². The van der Waals surface area contributed by atoms with Gasteiger partial charge < -0.3 is 14.2 Å². The summed E-state index contributed by atoms with van der Waals surface area (Å²) in [7, 11) is 0. The molecule has 1 unspecified atom stereocenters. The molecular weight excluding hydrogens is 1020 g/mol. The smallest absolute Gasteiger partial charge is 0.306 e. The first-order valence-corrected chi connectivity index (χ1v) is 34.0. The minimum absolute atomic E-state index is 0.0983. The zero-order chi connectivity index (χ0) is 59.9. The minimum Gasteiger partial charge on any atom is -0.462 e. The van der Waals surface area contributed by atoms with Gasteiger partial charge in [-0.2, -0.15) is 0 Å². The van der Waals surface area contributed by atoms with Crippen LogP contribution >= 0.6 is 0 Å². The Morgan fingerprint density at radius 3 is 0.771 bits per heavy atom. The molecule has 468 valence electrons. The van der Waals surface area contributed by atoms with Crippen molar-refractivity contribution in [1.82, 2.24) is 0 Å². The van der Waals surface area contributed by atoms with Crippen LogP contribution in [0.15, 0.2) is 158 Å². The second-order valence-electron chi connectivity index (χ2n) is 22.0. The molecule has 0 aliphatic carbocycles. The molecule has 0 fully saturated rings. The van der Waals surface area contributed by atoms with Crippen LogP contribution in [0.2, 0.25) is 0 Å². The van der Waals surface area contributed by atoms with E-state index in [9.17, 15) is 14.4 Å². The Bertz CT molecular complexity index is 1840. The lowest BCUT2D eigenvalue weighted by atomic mass is 10.1. The van der Waals surface area contributed by atoms with Crippen molar-refractivity contribution in [3.63, 3.8) is 0 Å².